The van der Waals surface area contributed by atoms with Crippen LogP contribution in [0.15, 0.2) is 48.5 Å². The highest BCUT2D eigenvalue weighted by Gasteiger charge is 2.31. The van der Waals surface area contributed by atoms with Gasteiger partial charge >= 0.3 is 0 Å². The molecule has 0 aliphatic carbocycles. The van der Waals surface area contributed by atoms with Gasteiger partial charge in [-0.3, -0.25) is 4.79 Å². The minimum atomic E-state index is -0.501. The van der Waals surface area contributed by atoms with Gasteiger partial charge in [-0.2, -0.15) is 0 Å². The molecule has 0 bridgehead atoms. The summed E-state index contributed by atoms with van der Waals surface area (Å²) in [5, 5.41) is 12.3. The molecule has 2 aromatic rings. The average molecular weight is 356 g/mol. The molecule has 5 heteroatoms. The summed E-state index contributed by atoms with van der Waals surface area (Å²) >= 11 is 0. The van der Waals surface area contributed by atoms with Crippen LogP contribution in [-0.4, -0.2) is 41.7 Å². The zero-order valence-electron chi connectivity index (χ0n) is 15.0. The molecule has 0 radical (unpaired) electrons. The van der Waals surface area contributed by atoms with Gasteiger partial charge in [0.1, 0.15) is 5.82 Å². The molecule has 4 nitrogen and oxygen atoms in total. The predicted octanol–water partition coefficient (Wildman–Crippen LogP) is 2.46. The Hall–Kier alpha value is -2.24. The number of aliphatic hydroxyl groups excluding tert-OH is 1. The fraction of sp³-hybridized carbons (Fsp3) is 0.381. The van der Waals surface area contributed by atoms with E-state index in [1.807, 2.05) is 29.2 Å². The van der Waals surface area contributed by atoms with Gasteiger partial charge in [0, 0.05) is 13.1 Å². The molecule has 0 aromatic heterocycles. The summed E-state index contributed by atoms with van der Waals surface area (Å²) in [5.74, 6) is -0.267. The first kappa shape index (κ1) is 18.5. The van der Waals surface area contributed by atoms with Crippen LogP contribution in [0.3, 0.4) is 0 Å². The number of carbonyl (C=O) groups excluding carboxylic acids is 1. The van der Waals surface area contributed by atoms with Crippen LogP contribution in [0.5, 0.6) is 0 Å². The molecule has 138 valence electrons. The number of fused-ring (bicyclic) bond motifs is 1. The Morgan fingerprint density at radius 1 is 1.27 bits per heavy atom. The van der Waals surface area contributed by atoms with E-state index in [0.29, 0.717) is 25.1 Å². The maximum atomic E-state index is 14.2. The van der Waals surface area contributed by atoms with Gasteiger partial charge in [0.25, 0.3) is 0 Å². The molecule has 0 fully saturated rings. The highest BCUT2D eigenvalue weighted by molar-refractivity contribution is 5.79. The maximum Gasteiger partial charge on any atom is 0.237 e. The fourth-order valence-electron chi connectivity index (χ4n) is 3.53. The Morgan fingerprint density at radius 2 is 2.00 bits per heavy atom. The molecule has 2 atom stereocenters. The molecule has 1 amide bonds. The number of hydrogen-bond donors (Lipinski definition) is 2. The van der Waals surface area contributed by atoms with Crippen LogP contribution in [0.4, 0.5) is 4.39 Å². The summed E-state index contributed by atoms with van der Waals surface area (Å²) in [7, 11) is 0. The van der Waals surface area contributed by atoms with Gasteiger partial charge in [-0.05, 0) is 42.5 Å². The molecule has 1 aliphatic rings. The van der Waals surface area contributed by atoms with Crippen molar-refractivity contribution >= 4 is 5.91 Å². The fourth-order valence-corrected chi connectivity index (χ4v) is 3.53. The van der Waals surface area contributed by atoms with Crippen molar-refractivity contribution in [2.24, 2.45) is 0 Å². The maximum absolute atomic E-state index is 14.2. The molecular weight excluding hydrogens is 331 g/mol. The number of nitrogens with zero attached hydrogens (tertiary/aromatic N) is 1. The average Bonchev–Trinajstić information content (AvgIpc) is 2.63. The van der Waals surface area contributed by atoms with Crippen molar-refractivity contribution in [2.75, 3.05) is 19.6 Å². The van der Waals surface area contributed by atoms with E-state index >= 15 is 0 Å². The number of hydrogen-bond acceptors (Lipinski definition) is 3. The van der Waals surface area contributed by atoms with Gasteiger partial charge < -0.3 is 15.3 Å². The smallest absolute Gasteiger partial charge is 0.237 e. The summed E-state index contributed by atoms with van der Waals surface area (Å²) in [6, 6.07) is 14.6. The van der Waals surface area contributed by atoms with Crippen LogP contribution in [0.1, 0.15) is 29.7 Å². The lowest BCUT2D eigenvalue weighted by Gasteiger charge is -2.38. The van der Waals surface area contributed by atoms with E-state index < -0.39 is 6.10 Å². The van der Waals surface area contributed by atoms with E-state index in [9.17, 15) is 14.3 Å². The minimum Gasteiger partial charge on any atom is -0.392 e. The first-order valence-electron chi connectivity index (χ1n) is 9.05. The summed E-state index contributed by atoms with van der Waals surface area (Å²) in [6.07, 6.45) is 0.747. The molecule has 0 saturated heterocycles. The Labute approximate surface area is 153 Å². The Kier molecular flexibility index (Phi) is 6.01. The van der Waals surface area contributed by atoms with Gasteiger partial charge in [-0.15, -0.1) is 0 Å². The minimum absolute atomic E-state index is 0.0264. The SMILES string of the molecule is C[C@@H](O)CNCC(=O)N1CCc2ccccc2C1Cc1ccccc1F. The molecule has 0 saturated carbocycles. The van der Waals surface area contributed by atoms with Crippen molar-refractivity contribution < 1.29 is 14.3 Å². The molecule has 0 spiro atoms. The van der Waals surface area contributed by atoms with E-state index in [0.717, 1.165) is 12.0 Å². The molecule has 1 unspecified atom stereocenters. The van der Waals surface area contributed by atoms with E-state index in [1.54, 1.807) is 19.1 Å². The Bertz CT molecular complexity index is 763. The number of carbonyl (C=O) groups is 1. The zero-order chi connectivity index (χ0) is 18.5. The van der Waals surface area contributed by atoms with Gasteiger partial charge in [0.15, 0.2) is 0 Å². The molecule has 3 rings (SSSR count). The highest BCUT2D eigenvalue weighted by Crippen LogP contribution is 2.33. The van der Waals surface area contributed by atoms with Gasteiger partial charge in [0.05, 0.1) is 18.7 Å². The van der Waals surface area contributed by atoms with Crippen molar-refractivity contribution in [3.63, 3.8) is 0 Å². The lowest BCUT2D eigenvalue weighted by molar-refractivity contribution is -0.133. The van der Waals surface area contributed by atoms with Gasteiger partial charge in [-0.1, -0.05) is 42.5 Å². The van der Waals surface area contributed by atoms with Crippen LogP contribution >= 0.6 is 0 Å². The lowest BCUT2D eigenvalue weighted by atomic mass is 9.88. The molecule has 2 N–H and O–H groups in total. The normalized spacial score (nSPS) is 17.7. The van der Waals surface area contributed by atoms with Crippen LogP contribution in [0.2, 0.25) is 0 Å². The van der Waals surface area contributed by atoms with Crippen molar-refractivity contribution in [1.82, 2.24) is 10.2 Å². The van der Waals surface area contributed by atoms with Crippen molar-refractivity contribution in [2.45, 2.75) is 31.9 Å². The van der Waals surface area contributed by atoms with Gasteiger partial charge in [0.2, 0.25) is 5.91 Å². The molecule has 2 aromatic carbocycles. The number of nitrogens with one attached hydrogen (secondary N) is 1. The third kappa shape index (κ3) is 4.29. The van der Waals surface area contributed by atoms with Crippen molar-refractivity contribution in [3.8, 4) is 0 Å². The summed E-state index contributed by atoms with van der Waals surface area (Å²) in [5.41, 5.74) is 2.92. The number of rotatable bonds is 6. The standard InChI is InChI=1S/C21H25FN2O2/c1-15(25)13-23-14-21(26)24-11-10-16-6-2-4-8-18(16)20(24)12-17-7-3-5-9-19(17)22/h2-9,15,20,23,25H,10-14H2,1H3/t15-,20?/m1/s1. The van der Waals surface area contributed by atoms with Crippen LogP contribution in [0.25, 0.3) is 0 Å². The molecule has 1 aliphatic heterocycles. The van der Waals surface area contributed by atoms with E-state index in [1.165, 1.54) is 11.6 Å². The second-order valence-corrected chi connectivity index (χ2v) is 6.83. The first-order valence-corrected chi connectivity index (χ1v) is 9.05. The number of benzene rings is 2. The topological polar surface area (TPSA) is 52.6 Å². The second-order valence-electron chi connectivity index (χ2n) is 6.83. The molecule has 1 heterocycles. The Balaban J connectivity index is 1.83. The zero-order valence-corrected chi connectivity index (χ0v) is 15.0. The molecular formula is C21H25FN2O2. The van der Waals surface area contributed by atoms with Crippen LogP contribution in [-0.2, 0) is 17.6 Å². The van der Waals surface area contributed by atoms with Crippen molar-refractivity contribution in [3.05, 3.63) is 71.0 Å². The van der Waals surface area contributed by atoms with E-state index in [4.69, 9.17) is 0 Å². The first-order chi connectivity index (χ1) is 12.6. The quantitative estimate of drug-likeness (QED) is 0.836. The van der Waals surface area contributed by atoms with E-state index in [2.05, 4.69) is 11.4 Å². The number of aliphatic hydroxyl groups is 1. The lowest BCUT2D eigenvalue weighted by Crippen LogP contribution is -2.45. The van der Waals surface area contributed by atoms with E-state index in [-0.39, 0.29) is 24.3 Å². The monoisotopic (exact) mass is 356 g/mol. The van der Waals surface area contributed by atoms with Gasteiger partial charge in [-0.25, -0.2) is 4.39 Å². The summed E-state index contributed by atoms with van der Waals surface area (Å²) in [6.45, 7) is 2.83. The van der Waals surface area contributed by atoms with Crippen LogP contribution in [0, 0.1) is 5.82 Å². The third-order valence-electron chi connectivity index (χ3n) is 4.82. The Morgan fingerprint density at radius 3 is 2.77 bits per heavy atom. The molecule has 26 heavy (non-hydrogen) atoms. The summed E-state index contributed by atoms with van der Waals surface area (Å²) < 4.78 is 14.2. The number of amides is 1. The van der Waals surface area contributed by atoms with Crippen LogP contribution < -0.4 is 5.32 Å². The second kappa shape index (κ2) is 8.43. The van der Waals surface area contributed by atoms with Crippen molar-refractivity contribution in [1.29, 1.82) is 0 Å². The largest absolute Gasteiger partial charge is 0.392 e. The predicted molar refractivity (Wildman–Crippen MR) is 99.3 cm³/mol. The third-order valence-corrected chi connectivity index (χ3v) is 4.82. The summed E-state index contributed by atoms with van der Waals surface area (Å²) in [4.78, 5) is 14.6. The number of halogens is 1. The highest BCUT2D eigenvalue weighted by atomic mass is 19.1.